The van der Waals surface area contributed by atoms with E-state index in [2.05, 4.69) is 15.2 Å². The molecule has 0 saturated carbocycles. The monoisotopic (exact) mass is 181 g/mol. The minimum Gasteiger partial charge on any atom is -0.228 e. The Hall–Kier alpha value is -1.36. The summed E-state index contributed by atoms with van der Waals surface area (Å²) in [7, 11) is 0. The molecule has 0 amide bonds. The summed E-state index contributed by atoms with van der Waals surface area (Å²) in [5, 5.41) is 8.16. The Kier molecular flexibility index (Phi) is 1.79. The molecule has 0 bridgehead atoms. The zero-order chi connectivity index (χ0) is 8.39. The number of halogens is 1. The van der Waals surface area contributed by atoms with Crippen molar-refractivity contribution in [3.63, 3.8) is 0 Å². The molecule has 2 rings (SSSR count). The first-order valence-corrected chi connectivity index (χ1v) is 4.12. The van der Waals surface area contributed by atoms with Crippen molar-refractivity contribution in [2.75, 3.05) is 0 Å². The maximum atomic E-state index is 12.6. The van der Waals surface area contributed by atoms with Crippen LogP contribution < -0.4 is 0 Å². The standard InChI is InChI=1S/C7H4FN3S/c8-6-3-5(1-2-9-6)7-11-10-4-12-7/h1-4H. The molecule has 0 aliphatic carbocycles. The molecule has 0 spiro atoms. The predicted octanol–water partition coefficient (Wildman–Crippen LogP) is 1.74. The van der Waals surface area contributed by atoms with E-state index in [0.717, 1.165) is 0 Å². The Morgan fingerprint density at radius 1 is 1.42 bits per heavy atom. The lowest BCUT2D eigenvalue weighted by Crippen LogP contribution is -1.82. The van der Waals surface area contributed by atoms with Crippen LogP contribution >= 0.6 is 11.3 Å². The molecule has 0 fully saturated rings. The second-order valence-electron chi connectivity index (χ2n) is 2.11. The van der Waals surface area contributed by atoms with Crippen molar-refractivity contribution in [2.24, 2.45) is 0 Å². The Morgan fingerprint density at radius 3 is 3.00 bits per heavy atom. The molecule has 0 N–H and O–H groups in total. The SMILES string of the molecule is Fc1cc(-c2nncs2)ccn1. The van der Waals surface area contributed by atoms with Crippen molar-refractivity contribution in [1.29, 1.82) is 0 Å². The van der Waals surface area contributed by atoms with Gasteiger partial charge in [-0.2, -0.15) is 4.39 Å². The highest BCUT2D eigenvalue weighted by Crippen LogP contribution is 2.19. The lowest BCUT2D eigenvalue weighted by Gasteiger charge is -1.92. The van der Waals surface area contributed by atoms with Crippen LogP contribution in [0.25, 0.3) is 10.6 Å². The highest BCUT2D eigenvalue weighted by atomic mass is 32.1. The van der Waals surface area contributed by atoms with E-state index >= 15 is 0 Å². The van der Waals surface area contributed by atoms with Crippen LogP contribution in [0.4, 0.5) is 4.39 Å². The number of nitrogens with zero attached hydrogens (tertiary/aromatic N) is 3. The molecule has 2 aromatic heterocycles. The molecule has 0 unspecified atom stereocenters. The molecule has 3 nitrogen and oxygen atoms in total. The summed E-state index contributed by atoms with van der Waals surface area (Å²) < 4.78 is 12.6. The molecule has 60 valence electrons. The maximum absolute atomic E-state index is 12.6. The predicted molar refractivity (Wildman–Crippen MR) is 43.1 cm³/mol. The third kappa shape index (κ3) is 1.31. The van der Waals surface area contributed by atoms with E-state index in [1.807, 2.05) is 0 Å². The highest BCUT2D eigenvalue weighted by Gasteiger charge is 2.01. The fourth-order valence-electron chi connectivity index (χ4n) is 0.834. The molecule has 0 atom stereocenters. The quantitative estimate of drug-likeness (QED) is 0.629. The Labute approximate surface area is 71.9 Å². The van der Waals surface area contributed by atoms with Crippen molar-refractivity contribution < 1.29 is 4.39 Å². The molecule has 5 heteroatoms. The summed E-state index contributed by atoms with van der Waals surface area (Å²) in [6.45, 7) is 0. The maximum Gasteiger partial charge on any atom is 0.213 e. The van der Waals surface area contributed by atoms with Crippen molar-refractivity contribution in [1.82, 2.24) is 15.2 Å². The number of hydrogen-bond donors (Lipinski definition) is 0. The van der Waals surface area contributed by atoms with Crippen molar-refractivity contribution >= 4 is 11.3 Å². The first-order chi connectivity index (χ1) is 5.86. The smallest absolute Gasteiger partial charge is 0.213 e. The molecule has 0 aromatic carbocycles. The lowest BCUT2D eigenvalue weighted by atomic mass is 10.3. The Bertz CT molecular complexity index is 374. The Morgan fingerprint density at radius 2 is 2.33 bits per heavy atom. The van der Waals surface area contributed by atoms with E-state index in [1.165, 1.54) is 23.6 Å². The summed E-state index contributed by atoms with van der Waals surface area (Å²) in [6.07, 6.45) is 1.41. The third-order valence-corrected chi connectivity index (χ3v) is 2.07. The summed E-state index contributed by atoms with van der Waals surface area (Å²) >= 11 is 1.37. The lowest BCUT2D eigenvalue weighted by molar-refractivity contribution is 0.584. The van der Waals surface area contributed by atoms with E-state index in [4.69, 9.17) is 0 Å². The molecule has 2 aromatic rings. The molecular weight excluding hydrogens is 177 g/mol. The number of hydrogen-bond acceptors (Lipinski definition) is 4. The number of rotatable bonds is 1. The van der Waals surface area contributed by atoms with Crippen LogP contribution in [0.1, 0.15) is 0 Å². The van der Waals surface area contributed by atoms with Gasteiger partial charge in [0.2, 0.25) is 5.95 Å². The first kappa shape index (κ1) is 7.30. The van der Waals surface area contributed by atoms with E-state index in [-0.39, 0.29) is 0 Å². The van der Waals surface area contributed by atoms with Gasteiger partial charge in [-0.3, -0.25) is 0 Å². The fourth-order valence-corrected chi connectivity index (χ4v) is 1.39. The van der Waals surface area contributed by atoms with Gasteiger partial charge in [-0.25, -0.2) is 4.98 Å². The number of pyridine rings is 1. The van der Waals surface area contributed by atoms with Gasteiger partial charge in [-0.15, -0.1) is 10.2 Å². The van der Waals surface area contributed by atoms with E-state index in [1.54, 1.807) is 11.6 Å². The van der Waals surface area contributed by atoms with Crippen LogP contribution in [0.3, 0.4) is 0 Å². The minimum absolute atomic E-state index is 0.497. The van der Waals surface area contributed by atoms with E-state index in [9.17, 15) is 4.39 Å². The summed E-state index contributed by atoms with van der Waals surface area (Å²) in [4.78, 5) is 3.44. The van der Waals surface area contributed by atoms with Gasteiger partial charge in [-0.05, 0) is 6.07 Å². The van der Waals surface area contributed by atoms with Gasteiger partial charge in [0.05, 0.1) is 0 Å². The van der Waals surface area contributed by atoms with Gasteiger partial charge in [0.1, 0.15) is 10.5 Å². The normalized spacial score (nSPS) is 10.1. The van der Waals surface area contributed by atoms with Crippen LogP contribution in [-0.4, -0.2) is 15.2 Å². The fraction of sp³-hybridized carbons (Fsp3) is 0. The molecule has 0 radical (unpaired) electrons. The van der Waals surface area contributed by atoms with Gasteiger partial charge < -0.3 is 0 Å². The zero-order valence-corrected chi connectivity index (χ0v) is 6.75. The minimum atomic E-state index is -0.497. The Balaban J connectivity index is 2.48. The van der Waals surface area contributed by atoms with Crippen LogP contribution in [0.15, 0.2) is 23.8 Å². The summed E-state index contributed by atoms with van der Waals surface area (Å²) in [5.41, 5.74) is 2.32. The molecule has 12 heavy (non-hydrogen) atoms. The second kappa shape index (κ2) is 2.94. The van der Waals surface area contributed by atoms with Crippen LogP contribution in [0.2, 0.25) is 0 Å². The van der Waals surface area contributed by atoms with Gasteiger partial charge in [0.25, 0.3) is 0 Å². The van der Waals surface area contributed by atoms with E-state index in [0.29, 0.717) is 10.6 Å². The molecule has 0 saturated heterocycles. The molecule has 0 aliphatic rings. The topological polar surface area (TPSA) is 38.7 Å². The first-order valence-electron chi connectivity index (χ1n) is 3.24. The highest BCUT2D eigenvalue weighted by molar-refractivity contribution is 7.12. The molecule has 2 heterocycles. The number of aromatic nitrogens is 3. The van der Waals surface area contributed by atoms with Gasteiger partial charge in [-0.1, -0.05) is 11.3 Å². The van der Waals surface area contributed by atoms with Crippen molar-refractivity contribution in [3.05, 3.63) is 29.8 Å². The summed E-state index contributed by atoms with van der Waals surface area (Å²) in [5.74, 6) is -0.497. The largest absolute Gasteiger partial charge is 0.228 e. The van der Waals surface area contributed by atoms with Gasteiger partial charge in [0, 0.05) is 17.8 Å². The van der Waals surface area contributed by atoms with Crippen molar-refractivity contribution in [3.8, 4) is 10.6 Å². The molecule has 0 aliphatic heterocycles. The van der Waals surface area contributed by atoms with Crippen LogP contribution in [0, 0.1) is 5.95 Å². The second-order valence-corrected chi connectivity index (χ2v) is 2.94. The van der Waals surface area contributed by atoms with Gasteiger partial charge >= 0.3 is 0 Å². The molecular formula is C7H4FN3S. The third-order valence-electron chi connectivity index (χ3n) is 1.33. The van der Waals surface area contributed by atoms with Gasteiger partial charge in [0.15, 0.2) is 0 Å². The zero-order valence-electron chi connectivity index (χ0n) is 5.94. The van der Waals surface area contributed by atoms with Crippen LogP contribution in [0.5, 0.6) is 0 Å². The average Bonchev–Trinajstić information content (AvgIpc) is 2.56. The summed E-state index contributed by atoms with van der Waals surface area (Å²) in [6, 6.07) is 3.03. The van der Waals surface area contributed by atoms with Crippen LogP contribution in [-0.2, 0) is 0 Å². The van der Waals surface area contributed by atoms with E-state index < -0.39 is 5.95 Å². The average molecular weight is 181 g/mol. The van der Waals surface area contributed by atoms with Crippen molar-refractivity contribution in [2.45, 2.75) is 0 Å².